The number of hydrogen-bond acceptors (Lipinski definition) is 4. The van der Waals surface area contributed by atoms with Crippen LogP contribution in [0.1, 0.15) is 29.2 Å². The average molecular weight is 368 g/mol. The van der Waals surface area contributed by atoms with Crippen molar-refractivity contribution in [3.05, 3.63) is 69.8 Å². The lowest BCUT2D eigenvalue weighted by molar-refractivity contribution is -0.142. The summed E-state index contributed by atoms with van der Waals surface area (Å²) < 4.78 is 2.58. The molecule has 140 valence electrons. The molecule has 2 aromatic heterocycles. The van der Waals surface area contributed by atoms with E-state index in [1.807, 2.05) is 19.9 Å². The molecule has 8 nitrogen and oxygen atoms in total. The minimum atomic E-state index is -1.14. The highest BCUT2D eigenvalue weighted by Gasteiger charge is 2.22. The number of pyridine rings is 1. The summed E-state index contributed by atoms with van der Waals surface area (Å²) in [4.78, 5) is 36.1. The molecule has 2 heterocycles. The lowest BCUT2D eigenvalue weighted by Gasteiger charge is -2.16. The molecule has 1 amide bonds. The average Bonchev–Trinajstić information content (AvgIpc) is 2.93. The van der Waals surface area contributed by atoms with Crippen LogP contribution in [0.4, 0.5) is 0 Å². The second-order valence-corrected chi connectivity index (χ2v) is 6.44. The molecule has 0 radical (unpaired) electrons. The first-order valence-electron chi connectivity index (χ1n) is 8.50. The monoisotopic (exact) mass is 368 g/mol. The molecule has 1 atom stereocenters. The maximum absolute atomic E-state index is 12.3. The van der Waals surface area contributed by atoms with Crippen molar-refractivity contribution in [3.63, 3.8) is 0 Å². The van der Waals surface area contributed by atoms with Crippen LogP contribution in [0.3, 0.4) is 0 Å². The molecule has 0 saturated heterocycles. The molecule has 3 rings (SSSR count). The van der Waals surface area contributed by atoms with Gasteiger partial charge in [0.2, 0.25) is 5.91 Å². The lowest BCUT2D eigenvalue weighted by atomic mass is 10.0. The Morgan fingerprint density at radius 3 is 2.52 bits per heavy atom. The van der Waals surface area contributed by atoms with Crippen LogP contribution in [0.5, 0.6) is 0 Å². The van der Waals surface area contributed by atoms with Crippen molar-refractivity contribution in [1.29, 1.82) is 0 Å². The van der Waals surface area contributed by atoms with Gasteiger partial charge in [-0.2, -0.15) is 0 Å². The van der Waals surface area contributed by atoms with Gasteiger partial charge >= 0.3 is 11.7 Å². The summed E-state index contributed by atoms with van der Waals surface area (Å²) in [6.45, 7) is 3.80. The molecular weight excluding hydrogens is 348 g/mol. The Labute approximate surface area is 155 Å². The third-order valence-corrected chi connectivity index (χ3v) is 4.17. The first kappa shape index (κ1) is 18.4. The first-order chi connectivity index (χ1) is 12.8. The summed E-state index contributed by atoms with van der Waals surface area (Å²) in [7, 11) is 0. The Balaban J connectivity index is 1.72. The Hall–Kier alpha value is -3.42. The second kappa shape index (κ2) is 7.45. The van der Waals surface area contributed by atoms with Gasteiger partial charge in [0.15, 0.2) is 11.7 Å². The Kier molecular flexibility index (Phi) is 5.07. The minimum absolute atomic E-state index is 0.0572. The number of aryl methyl sites for hydroxylation is 3. The number of aliphatic carboxylic acids is 1. The van der Waals surface area contributed by atoms with Crippen LogP contribution in [0.25, 0.3) is 5.65 Å². The zero-order valence-electron chi connectivity index (χ0n) is 15.0. The van der Waals surface area contributed by atoms with Gasteiger partial charge in [0.25, 0.3) is 0 Å². The van der Waals surface area contributed by atoms with Gasteiger partial charge in [-0.25, -0.2) is 14.3 Å². The smallest absolute Gasteiger partial charge is 0.350 e. The van der Waals surface area contributed by atoms with Crippen LogP contribution in [0, 0.1) is 13.8 Å². The van der Waals surface area contributed by atoms with E-state index in [2.05, 4.69) is 10.4 Å². The molecule has 1 unspecified atom stereocenters. The number of carbonyl (C=O) groups is 2. The predicted octanol–water partition coefficient (Wildman–Crippen LogP) is 1.45. The van der Waals surface area contributed by atoms with Gasteiger partial charge in [0, 0.05) is 12.6 Å². The summed E-state index contributed by atoms with van der Waals surface area (Å²) >= 11 is 0. The maximum atomic E-state index is 12.3. The normalized spacial score (nSPS) is 12.1. The highest BCUT2D eigenvalue weighted by Crippen LogP contribution is 2.17. The van der Waals surface area contributed by atoms with E-state index in [1.165, 1.54) is 9.08 Å². The van der Waals surface area contributed by atoms with Crippen molar-refractivity contribution in [1.82, 2.24) is 19.5 Å². The number of carboxylic acid groups (broad SMARTS) is 1. The number of fused-ring (bicyclic) bond motifs is 1. The first-order valence-corrected chi connectivity index (χ1v) is 8.50. The van der Waals surface area contributed by atoms with Crippen LogP contribution in [0.15, 0.2) is 47.4 Å². The van der Waals surface area contributed by atoms with E-state index < -0.39 is 17.9 Å². The van der Waals surface area contributed by atoms with E-state index in [0.29, 0.717) is 11.2 Å². The minimum Gasteiger partial charge on any atom is -0.479 e. The summed E-state index contributed by atoms with van der Waals surface area (Å²) in [5, 5.41) is 16.2. The van der Waals surface area contributed by atoms with Gasteiger partial charge < -0.3 is 10.4 Å². The molecule has 0 fully saturated rings. The summed E-state index contributed by atoms with van der Waals surface area (Å²) in [6, 6.07) is 9.43. The summed E-state index contributed by atoms with van der Waals surface area (Å²) in [5.74, 6) is -1.61. The number of benzene rings is 1. The zero-order valence-corrected chi connectivity index (χ0v) is 15.0. The van der Waals surface area contributed by atoms with E-state index >= 15 is 0 Å². The van der Waals surface area contributed by atoms with Crippen LogP contribution >= 0.6 is 0 Å². The SMILES string of the molecule is Cc1cc(C)cc(C(NC(=O)CCn2nc3ccccn3c2=O)C(=O)O)c1. The fourth-order valence-corrected chi connectivity index (χ4v) is 3.02. The van der Waals surface area contributed by atoms with E-state index in [-0.39, 0.29) is 18.7 Å². The maximum Gasteiger partial charge on any atom is 0.350 e. The van der Waals surface area contributed by atoms with Gasteiger partial charge in [-0.15, -0.1) is 5.10 Å². The highest BCUT2D eigenvalue weighted by molar-refractivity contribution is 5.84. The molecule has 0 aliphatic heterocycles. The molecule has 2 N–H and O–H groups in total. The molecule has 0 aliphatic carbocycles. The Morgan fingerprint density at radius 2 is 1.89 bits per heavy atom. The van der Waals surface area contributed by atoms with Crippen molar-refractivity contribution in [2.45, 2.75) is 32.9 Å². The van der Waals surface area contributed by atoms with E-state index in [1.54, 1.807) is 36.5 Å². The molecular formula is C19H20N4O4. The van der Waals surface area contributed by atoms with Gasteiger partial charge in [-0.1, -0.05) is 35.4 Å². The van der Waals surface area contributed by atoms with E-state index in [9.17, 15) is 19.5 Å². The molecule has 0 spiro atoms. The van der Waals surface area contributed by atoms with Crippen LogP contribution in [-0.4, -0.2) is 31.2 Å². The van der Waals surface area contributed by atoms with Crippen LogP contribution in [0.2, 0.25) is 0 Å². The molecule has 3 aromatic rings. The number of nitrogens with one attached hydrogen (secondary N) is 1. The molecule has 8 heteroatoms. The van der Waals surface area contributed by atoms with Crippen LogP contribution in [-0.2, 0) is 16.1 Å². The number of carboxylic acids is 1. The number of aromatic nitrogens is 3. The third-order valence-electron chi connectivity index (χ3n) is 4.17. The number of amides is 1. The number of rotatable bonds is 6. The van der Waals surface area contributed by atoms with Crippen molar-refractivity contribution in [2.24, 2.45) is 0 Å². The molecule has 0 bridgehead atoms. The Bertz CT molecular complexity index is 1050. The summed E-state index contributed by atoms with van der Waals surface area (Å²) in [5.41, 5.74) is 2.49. The van der Waals surface area contributed by atoms with Crippen molar-refractivity contribution < 1.29 is 14.7 Å². The van der Waals surface area contributed by atoms with E-state index in [4.69, 9.17) is 0 Å². The zero-order chi connectivity index (χ0) is 19.6. The largest absolute Gasteiger partial charge is 0.479 e. The fraction of sp³-hybridized carbons (Fsp3) is 0.263. The highest BCUT2D eigenvalue weighted by atomic mass is 16.4. The molecule has 0 saturated carbocycles. The van der Waals surface area contributed by atoms with Gasteiger partial charge in [-0.3, -0.25) is 9.20 Å². The predicted molar refractivity (Wildman–Crippen MR) is 98.5 cm³/mol. The van der Waals surface area contributed by atoms with Gasteiger partial charge in [0.05, 0.1) is 6.54 Å². The number of hydrogen-bond donors (Lipinski definition) is 2. The topological polar surface area (TPSA) is 106 Å². The van der Waals surface area contributed by atoms with Crippen molar-refractivity contribution in [2.75, 3.05) is 0 Å². The quantitative estimate of drug-likeness (QED) is 0.685. The van der Waals surface area contributed by atoms with Gasteiger partial charge in [0.1, 0.15) is 0 Å². The fourth-order valence-electron chi connectivity index (χ4n) is 3.02. The number of nitrogens with zero attached hydrogens (tertiary/aromatic N) is 3. The molecule has 1 aromatic carbocycles. The third kappa shape index (κ3) is 4.05. The Morgan fingerprint density at radius 1 is 1.19 bits per heavy atom. The summed E-state index contributed by atoms with van der Waals surface area (Å²) in [6.07, 6.45) is 1.54. The standard InChI is InChI=1S/C19H20N4O4/c1-12-9-13(2)11-14(10-12)17(18(25)26)20-16(24)6-8-23-19(27)22-7-4-3-5-15(22)21-23/h3-5,7,9-11,17H,6,8H2,1-2H3,(H,20,24)(H,25,26). The van der Waals surface area contributed by atoms with Crippen molar-refractivity contribution >= 4 is 17.5 Å². The lowest BCUT2D eigenvalue weighted by Crippen LogP contribution is -2.35. The molecule has 27 heavy (non-hydrogen) atoms. The van der Waals surface area contributed by atoms with Crippen molar-refractivity contribution in [3.8, 4) is 0 Å². The second-order valence-electron chi connectivity index (χ2n) is 6.44. The van der Waals surface area contributed by atoms with Crippen LogP contribution < -0.4 is 11.0 Å². The number of carbonyl (C=O) groups excluding carboxylic acids is 1. The molecule has 0 aliphatic rings. The van der Waals surface area contributed by atoms with E-state index in [0.717, 1.165) is 11.1 Å². The van der Waals surface area contributed by atoms with Gasteiger partial charge in [-0.05, 0) is 31.5 Å².